The first kappa shape index (κ1) is 12.5. The van der Waals surface area contributed by atoms with Crippen LogP contribution >= 0.6 is 0 Å². The number of hydrogen-bond donors (Lipinski definition) is 2. The molecule has 0 aliphatic carbocycles. The van der Waals surface area contributed by atoms with Crippen LogP contribution in [0.3, 0.4) is 0 Å². The number of nitrogens with two attached hydrogens (primary N) is 1. The molecule has 3 N–H and O–H groups in total. The molecule has 0 saturated carbocycles. The third-order valence-corrected chi connectivity index (χ3v) is 2.36. The number of benzene rings is 1. The third-order valence-electron chi connectivity index (χ3n) is 2.36. The number of aromatic nitrogens is 2. The summed E-state index contributed by atoms with van der Waals surface area (Å²) in [5, 5.41) is 12.6. The number of ether oxygens (including phenoxy) is 1. The van der Waals surface area contributed by atoms with Gasteiger partial charge in [0.05, 0.1) is 13.7 Å². The van der Waals surface area contributed by atoms with Gasteiger partial charge in [-0.3, -0.25) is 0 Å². The number of rotatable bonds is 4. The number of hydrogen-bond acceptors (Lipinski definition) is 6. The highest BCUT2D eigenvalue weighted by Gasteiger charge is 2.15. The van der Waals surface area contributed by atoms with E-state index >= 15 is 0 Å². The summed E-state index contributed by atoms with van der Waals surface area (Å²) < 4.78 is 23.0. The highest BCUT2D eigenvalue weighted by Crippen LogP contribution is 2.24. The second-order valence-electron chi connectivity index (χ2n) is 3.59. The topological polar surface area (TPSA) is 94.4 Å². The van der Waals surface area contributed by atoms with E-state index in [9.17, 15) is 4.39 Å². The molecular weight excluding hydrogens is 241 g/mol. The molecule has 0 bridgehead atoms. The fourth-order valence-corrected chi connectivity index (χ4v) is 1.38. The van der Waals surface area contributed by atoms with Gasteiger partial charge in [-0.2, -0.15) is 4.98 Å². The monoisotopic (exact) mass is 253 g/mol. The van der Waals surface area contributed by atoms with Crippen molar-refractivity contribution in [2.24, 2.45) is 5.73 Å². The molecule has 0 aliphatic rings. The summed E-state index contributed by atoms with van der Waals surface area (Å²) in [4.78, 5) is 4.02. The van der Waals surface area contributed by atoms with Crippen LogP contribution in [-0.4, -0.2) is 29.0 Å². The second-order valence-corrected chi connectivity index (χ2v) is 3.59. The molecule has 2 aromatic rings. The van der Waals surface area contributed by atoms with Crippen LogP contribution in [0.1, 0.15) is 11.9 Å². The molecule has 7 heteroatoms. The number of halogens is 1. The predicted molar refractivity (Wildman–Crippen MR) is 60.3 cm³/mol. The smallest absolute Gasteiger partial charge is 0.246 e. The molecular formula is C11H12FN3O3. The van der Waals surface area contributed by atoms with E-state index in [1.807, 2.05) is 0 Å². The molecule has 96 valence electrons. The standard InChI is InChI=1S/C11H12FN3O3/c1-17-9-4-6(2-3-7(9)12)10-14-11(18-15-10)8(13)5-16/h2-4,8,16H,5,13H2,1H3/t8-/m0/s1. The molecule has 18 heavy (non-hydrogen) atoms. The van der Waals surface area contributed by atoms with Crippen LogP contribution in [0.5, 0.6) is 5.75 Å². The van der Waals surface area contributed by atoms with Crippen LogP contribution < -0.4 is 10.5 Å². The SMILES string of the molecule is COc1cc(-c2noc([C@@H](N)CO)n2)ccc1F. The highest BCUT2D eigenvalue weighted by atomic mass is 19.1. The summed E-state index contributed by atoms with van der Waals surface area (Å²) in [6.45, 7) is -0.297. The second kappa shape index (κ2) is 5.11. The lowest BCUT2D eigenvalue weighted by Crippen LogP contribution is -2.14. The Hall–Kier alpha value is -1.99. The molecule has 0 unspecified atom stereocenters. The van der Waals surface area contributed by atoms with Gasteiger partial charge >= 0.3 is 0 Å². The van der Waals surface area contributed by atoms with Gasteiger partial charge in [0.1, 0.15) is 6.04 Å². The molecule has 0 amide bonds. The molecule has 0 fully saturated rings. The summed E-state index contributed by atoms with van der Waals surface area (Å²) in [5.41, 5.74) is 6.07. The minimum atomic E-state index is -0.728. The average molecular weight is 253 g/mol. The van der Waals surface area contributed by atoms with Crippen molar-refractivity contribution in [3.63, 3.8) is 0 Å². The Balaban J connectivity index is 2.34. The van der Waals surface area contributed by atoms with Crippen LogP contribution in [0.15, 0.2) is 22.7 Å². The fourth-order valence-electron chi connectivity index (χ4n) is 1.38. The minimum absolute atomic E-state index is 0.0882. The van der Waals surface area contributed by atoms with Gasteiger partial charge in [0.2, 0.25) is 11.7 Å². The Bertz CT molecular complexity index is 544. The number of nitrogens with zero attached hydrogens (tertiary/aromatic N) is 2. The quantitative estimate of drug-likeness (QED) is 0.839. The van der Waals surface area contributed by atoms with Crippen molar-refractivity contribution in [1.29, 1.82) is 0 Å². The van der Waals surface area contributed by atoms with Gasteiger partial charge in [-0.05, 0) is 18.2 Å². The zero-order chi connectivity index (χ0) is 13.1. The Morgan fingerprint density at radius 2 is 2.33 bits per heavy atom. The van der Waals surface area contributed by atoms with Crippen molar-refractivity contribution in [3.8, 4) is 17.1 Å². The van der Waals surface area contributed by atoms with E-state index in [1.54, 1.807) is 0 Å². The molecule has 2 rings (SSSR count). The lowest BCUT2D eigenvalue weighted by Gasteiger charge is -2.02. The Morgan fingerprint density at radius 1 is 1.56 bits per heavy atom. The molecule has 1 aromatic heterocycles. The number of aliphatic hydroxyl groups is 1. The van der Waals surface area contributed by atoms with Crippen LogP contribution in [0.4, 0.5) is 4.39 Å². The van der Waals surface area contributed by atoms with E-state index in [0.717, 1.165) is 0 Å². The van der Waals surface area contributed by atoms with E-state index in [0.29, 0.717) is 5.56 Å². The van der Waals surface area contributed by atoms with Gasteiger partial charge < -0.3 is 20.1 Å². The van der Waals surface area contributed by atoms with Crippen molar-refractivity contribution in [3.05, 3.63) is 29.9 Å². The number of aliphatic hydroxyl groups excluding tert-OH is 1. The molecule has 6 nitrogen and oxygen atoms in total. The first-order valence-corrected chi connectivity index (χ1v) is 5.19. The maximum Gasteiger partial charge on any atom is 0.246 e. The summed E-state index contributed by atoms with van der Waals surface area (Å²) in [6, 6.07) is 3.47. The zero-order valence-corrected chi connectivity index (χ0v) is 9.63. The zero-order valence-electron chi connectivity index (χ0n) is 9.63. The third kappa shape index (κ3) is 2.31. The molecule has 0 radical (unpaired) electrons. The van der Waals surface area contributed by atoms with Crippen molar-refractivity contribution < 1.29 is 18.8 Å². The van der Waals surface area contributed by atoms with Crippen molar-refractivity contribution in [1.82, 2.24) is 10.1 Å². The lowest BCUT2D eigenvalue weighted by atomic mass is 10.2. The normalized spacial score (nSPS) is 12.4. The highest BCUT2D eigenvalue weighted by molar-refractivity contribution is 5.57. The van der Waals surface area contributed by atoms with Crippen LogP contribution in [-0.2, 0) is 0 Å². The van der Waals surface area contributed by atoms with Crippen LogP contribution in [0.25, 0.3) is 11.4 Å². The summed E-state index contributed by atoms with van der Waals surface area (Å²) >= 11 is 0. The minimum Gasteiger partial charge on any atom is -0.494 e. The largest absolute Gasteiger partial charge is 0.494 e. The van der Waals surface area contributed by atoms with E-state index < -0.39 is 11.9 Å². The molecule has 0 saturated heterocycles. The first-order valence-electron chi connectivity index (χ1n) is 5.19. The maximum atomic E-state index is 13.2. The Morgan fingerprint density at radius 3 is 3.00 bits per heavy atom. The average Bonchev–Trinajstić information content (AvgIpc) is 2.88. The molecule has 0 aliphatic heterocycles. The van der Waals surface area contributed by atoms with Gasteiger partial charge in [0.25, 0.3) is 0 Å². The number of methoxy groups -OCH3 is 1. The van der Waals surface area contributed by atoms with Crippen molar-refractivity contribution in [2.75, 3.05) is 13.7 Å². The Kier molecular flexibility index (Phi) is 3.54. The van der Waals surface area contributed by atoms with Crippen LogP contribution in [0, 0.1) is 5.82 Å². The van der Waals surface area contributed by atoms with Gasteiger partial charge in [-0.25, -0.2) is 4.39 Å². The predicted octanol–water partition coefficient (Wildman–Crippen LogP) is 0.876. The van der Waals surface area contributed by atoms with E-state index in [-0.39, 0.29) is 24.1 Å². The molecule has 1 heterocycles. The fraction of sp³-hybridized carbons (Fsp3) is 0.273. The van der Waals surface area contributed by atoms with Crippen molar-refractivity contribution in [2.45, 2.75) is 6.04 Å². The van der Waals surface area contributed by atoms with Crippen molar-refractivity contribution >= 4 is 0 Å². The van der Waals surface area contributed by atoms with Gasteiger partial charge in [-0.1, -0.05) is 5.16 Å². The van der Waals surface area contributed by atoms with Crippen LogP contribution in [0.2, 0.25) is 0 Å². The van der Waals surface area contributed by atoms with E-state index in [1.165, 1.54) is 25.3 Å². The van der Waals surface area contributed by atoms with Gasteiger partial charge in [0.15, 0.2) is 11.6 Å². The van der Waals surface area contributed by atoms with Gasteiger partial charge in [-0.15, -0.1) is 0 Å². The summed E-state index contributed by atoms with van der Waals surface area (Å²) in [7, 11) is 1.37. The Labute approximate surface area is 102 Å². The summed E-state index contributed by atoms with van der Waals surface area (Å²) in [5.74, 6) is -0.00896. The first-order chi connectivity index (χ1) is 8.65. The lowest BCUT2D eigenvalue weighted by molar-refractivity contribution is 0.237. The molecule has 1 aromatic carbocycles. The van der Waals surface area contributed by atoms with Gasteiger partial charge in [0, 0.05) is 5.56 Å². The maximum absolute atomic E-state index is 13.2. The van der Waals surface area contributed by atoms with E-state index in [2.05, 4.69) is 10.1 Å². The summed E-state index contributed by atoms with van der Waals surface area (Å²) in [6.07, 6.45) is 0. The van der Waals surface area contributed by atoms with E-state index in [4.69, 9.17) is 20.1 Å². The molecule has 1 atom stereocenters. The molecule has 0 spiro atoms.